The molecule has 0 aliphatic heterocycles. The van der Waals surface area contributed by atoms with Gasteiger partial charge in [0, 0.05) is 11.8 Å². The number of allylic oxidation sites excluding steroid dienone is 2. The van der Waals surface area contributed by atoms with E-state index in [0.717, 1.165) is 11.8 Å². The quantitative estimate of drug-likeness (QED) is 0.348. The molecule has 1 fully saturated rings. The lowest BCUT2D eigenvalue weighted by Crippen LogP contribution is -2.12. The van der Waals surface area contributed by atoms with Gasteiger partial charge in [-0.3, -0.25) is 0 Å². The highest BCUT2D eigenvalue weighted by Crippen LogP contribution is 2.42. The van der Waals surface area contributed by atoms with Crippen LogP contribution in [-0.4, -0.2) is 0 Å². The van der Waals surface area contributed by atoms with Crippen molar-refractivity contribution >= 4 is 0 Å². The lowest BCUT2D eigenvalue weighted by molar-refractivity contribution is 0.396. The van der Waals surface area contributed by atoms with Gasteiger partial charge in [-0.05, 0) is 100 Å². The third-order valence-corrected chi connectivity index (χ3v) is 8.32. The molecule has 0 nitrogen and oxygen atoms in total. The summed E-state index contributed by atoms with van der Waals surface area (Å²) in [5.74, 6) is 2.61. The molecule has 2 aliphatic carbocycles. The summed E-state index contributed by atoms with van der Waals surface area (Å²) in [6.07, 6.45) is 12.7. The zero-order valence-corrected chi connectivity index (χ0v) is 21.5. The summed E-state index contributed by atoms with van der Waals surface area (Å²) in [7, 11) is 0. The van der Waals surface area contributed by atoms with Gasteiger partial charge in [0.2, 0.25) is 0 Å². The van der Waals surface area contributed by atoms with E-state index in [9.17, 15) is 0 Å². The molecule has 1 saturated carbocycles. The minimum Gasteiger partial charge on any atom is -0.0804 e. The van der Waals surface area contributed by atoms with E-state index in [4.69, 9.17) is 0 Å². The van der Waals surface area contributed by atoms with Crippen LogP contribution in [0.2, 0.25) is 0 Å². The molecule has 2 atom stereocenters. The molecule has 0 spiro atoms. The minimum atomic E-state index is 0.566. The van der Waals surface area contributed by atoms with Crippen molar-refractivity contribution in [3.63, 3.8) is 0 Å². The maximum absolute atomic E-state index is 2.47. The van der Waals surface area contributed by atoms with Gasteiger partial charge in [0.1, 0.15) is 0 Å². The summed E-state index contributed by atoms with van der Waals surface area (Å²) in [6, 6.07) is 23.8. The van der Waals surface area contributed by atoms with Crippen LogP contribution in [0.4, 0.5) is 0 Å². The molecule has 0 heterocycles. The number of aryl methyl sites for hydroxylation is 4. The highest BCUT2D eigenvalue weighted by Gasteiger charge is 2.24. The molecule has 0 saturated heterocycles. The van der Waals surface area contributed by atoms with E-state index in [-0.39, 0.29) is 0 Å². The van der Waals surface area contributed by atoms with E-state index >= 15 is 0 Å². The van der Waals surface area contributed by atoms with E-state index in [1.807, 2.05) is 0 Å². The predicted molar refractivity (Wildman–Crippen MR) is 146 cm³/mol. The molecule has 0 bridgehead atoms. The average Bonchev–Trinajstić information content (AvgIpc) is 2.83. The number of hydrogen-bond donors (Lipinski definition) is 0. The zero-order valence-electron chi connectivity index (χ0n) is 21.5. The van der Waals surface area contributed by atoms with Crippen molar-refractivity contribution < 1.29 is 0 Å². The van der Waals surface area contributed by atoms with E-state index in [0.29, 0.717) is 11.8 Å². The van der Waals surface area contributed by atoms with Gasteiger partial charge in [0.25, 0.3) is 0 Å². The molecular weight excluding hydrogens is 408 g/mol. The Balaban J connectivity index is 1.20. The van der Waals surface area contributed by atoms with Crippen molar-refractivity contribution in [1.82, 2.24) is 0 Å². The predicted octanol–water partition coefficient (Wildman–Crippen LogP) is 9.58. The largest absolute Gasteiger partial charge is 0.0804 e. The zero-order chi connectivity index (χ0) is 23.7. The highest BCUT2D eigenvalue weighted by atomic mass is 14.3. The normalized spacial score (nSPS) is 24.8. The van der Waals surface area contributed by atoms with Crippen molar-refractivity contribution in [2.24, 2.45) is 0 Å². The fraction of sp³-hybridized carbons (Fsp3) is 0.412. The summed E-state index contributed by atoms with van der Waals surface area (Å²) in [5.41, 5.74) is 11.7. The Hall–Kier alpha value is -2.60. The molecule has 0 aromatic heterocycles. The number of rotatable bonds is 4. The van der Waals surface area contributed by atoms with Crippen LogP contribution in [0, 0.1) is 27.7 Å². The van der Waals surface area contributed by atoms with Gasteiger partial charge < -0.3 is 0 Å². The first kappa shape index (κ1) is 23.2. The standard InChI is InChI=1S/C34H40/c1-23-17-24(2)20-33(19-23)31-13-9-29(10-14-31)27-5-7-28(8-6-27)30-11-15-32(16-12-30)34-21-25(3)18-26(4)22-34/h5-9,13,17-22,29-32H,10-12,14-16H2,1-4H3. The molecule has 176 valence electrons. The van der Waals surface area contributed by atoms with Gasteiger partial charge in [-0.1, -0.05) is 95.1 Å². The Labute approximate surface area is 207 Å². The van der Waals surface area contributed by atoms with Crippen molar-refractivity contribution in [2.45, 2.75) is 89.9 Å². The van der Waals surface area contributed by atoms with Crippen LogP contribution < -0.4 is 0 Å². The van der Waals surface area contributed by atoms with Gasteiger partial charge in [0.05, 0.1) is 0 Å². The first-order chi connectivity index (χ1) is 16.4. The molecule has 0 radical (unpaired) electrons. The van der Waals surface area contributed by atoms with Gasteiger partial charge in [0.15, 0.2) is 0 Å². The van der Waals surface area contributed by atoms with Crippen LogP contribution in [0.3, 0.4) is 0 Å². The lowest BCUT2D eigenvalue weighted by atomic mass is 9.75. The summed E-state index contributed by atoms with van der Waals surface area (Å²) < 4.78 is 0. The van der Waals surface area contributed by atoms with Crippen molar-refractivity contribution in [3.8, 4) is 0 Å². The Morgan fingerprint density at radius 2 is 0.794 bits per heavy atom. The Morgan fingerprint density at radius 3 is 1.26 bits per heavy atom. The maximum Gasteiger partial charge on any atom is 0.00187 e. The summed E-state index contributed by atoms with van der Waals surface area (Å²) in [4.78, 5) is 0. The molecule has 2 unspecified atom stereocenters. The van der Waals surface area contributed by atoms with E-state index in [1.54, 1.807) is 11.1 Å². The second kappa shape index (κ2) is 9.95. The minimum absolute atomic E-state index is 0.566. The highest BCUT2D eigenvalue weighted by molar-refractivity contribution is 5.37. The molecule has 3 aromatic rings. The smallest absolute Gasteiger partial charge is 0.00187 e. The van der Waals surface area contributed by atoms with E-state index in [2.05, 4.69) is 101 Å². The van der Waals surface area contributed by atoms with Gasteiger partial charge in [-0.25, -0.2) is 0 Å². The molecule has 0 heteroatoms. The van der Waals surface area contributed by atoms with E-state index in [1.165, 1.54) is 71.9 Å². The summed E-state index contributed by atoms with van der Waals surface area (Å²) in [6.45, 7) is 8.89. The van der Waals surface area contributed by atoms with E-state index < -0.39 is 0 Å². The second-order valence-electron chi connectivity index (χ2n) is 11.2. The van der Waals surface area contributed by atoms with Gasteiger partial charge in [-0.2, -0.15) is 0 Å². The van der Waals surface area contributed by atoms with Crippen molar-refractivity contribution in [2.75, 3.05) is 0 Å². The van der Waals surface area contributed by atoms with Crippen molar-refractivity contribution in [3.05, 3.63) is 117 Å². The molecule has 34 heavy (non-hydrogen) atoms. The van der Waals surface area contributed by atoms with Gasteiger partial charge >= 0.3 is 0 Å². The molecule has 0 N–H and O–H groups in total. The first-order valence-electron chi connectivity index (χ1n) is 13.4. The van der Waals surface area contributed by atoms with Crippen LogP contribution >= 0.6 is 0 Å². The molecular formula is C34H40. The fourth-order valence-electron chi connectivity index (χ4n) is 6.62. The number of hydrogen-bond acceptors (Lipinski definition) is 0. The van der Waals surface area contributed by atoms with Crippen LogP contribution in [0.25, 0.3) is 0 Å². The monoisotopic (exact) mass is 448 g/mol. The third-order valence-electron chi connectivity index (χ3n) is 8.32. The SMILES string of the molecule is Cc1cc(C)cc(C2C=CC(c3ccc(C4CCC(c5cc(C)cc(C)c5)CC4)cc3)CC2)c1. The maximum atomic E-state index is 2.47. The van der Waals surface area contributed by atoms with Crippen LogP contribution in [0.1, 0.15) is 107 Å². The Kier molecular flexibility index (Phi) is 6.77. The fourth-order valence-corrected chi connectivity index (χ4v) is 6.62. The van der Waals surface area contributed by atoms with Crippen molar-refractivity contribution in [1.29, 1.82) is 0 Å². The van der Waals surface area contributed by atoms with Gasteiger partial charge in [-0.15, -0.1) is 0 Å². The van der Waals surface area contributed by atoms with Crippen LogP contribution in [0.5, 0.6) is 0 Å². The molecule has 2 aliphatic rings. The topological polar surface area (TPSA) is 0 Å². The Morgan fingerprint density at radius 1 is 0.412 bits per heavy atom. The lowest BCUT2D eigenvalue weighted by Gasteiger charge is -2.30. The summed E-state index contributed by atoms with van der Waals surface area (Å²) in [5, 5.41) is 0. The second-order valence-corrected chi connectivity index (χ2v) is 11.2. The third kappa shape index (κ3) is 5.22. The summed E-state index contributed by atoms with van der Waals surface area (Å²) >= 11 is 0. The van der Waals surface area contributed by atoms with Crippen LogP contribution in [0.15, 0.2) is 72.8 Å². The number of benzene rings is 3. The first-order valence-corrected chi connectivity index (χ1v) is 13.4. The average molecular weight is 449 g/mol. The molecule has 5 rings (SSSR count). The molecule has 0 amide bonds. The molecule has 3 aromatic carbocycles. The van der Waals surface area contributed by atoms with Crippen LogP contribution in [-0.2, 0) is 0 Å². The Bertz CT molecular complexity index is 1110.